The molecule has 1 unspecified atom stereocenters. The van der Waals surface area contributed by atoms with Crippen LogP contribution in [0.1, 0.15) is 12.5 Å². The molecule has 0 saturated carbocycles. The minimum Gasteiger partial charge on any atom is -0.353 e. The molecule has 5 heteroatoms. The van der Waals surface area contributed by atoms with Gasteiger partial charge >= 0.3 is 0 Å². The molecular formula is C12H17Cl2N3. The van der Waals surface area contributed by atoms with Crippen molar-refractivity contribution in [3.63, 3.8) is 0 Å². The van der Waals surface area contributed by atoms with Crippen LogP contribution in [0.25, 0.3) is 0 Å². The van der Waals surface area contributed by atoms with E-state index in [4.69, 9.17) is 23.2 Å². The van der Waals surface area contributed by atoms with Crippen LogP contribution in [-0.4, -0.2) is 42.6 Å². The number of hydrogen-bond donors (Lipinski definition) is 0. The van der Waals surface area contributed by atoms with Gasteiger partial charge in [0.25, 0.3) is 0 Å². The van der Waals surface area contributed by atoms with Crippen molar-refractivity contribution in [2.75, 3.05) is 31.6 Å². The van der Waals surface area contributed by atoms with Gasteiger partial charge in [-0.15, -0.1) is 11.6 Å². The minimum atomic E-state index is 0.451. The Morgan fingerprint density at radius 1 is 1.47 bits per heavy atom. The van der Waals surface area contributed by atoms with Crippen molar-refractivity contribution >= 4 is 29.0 Å². The van der Waals surface area contributed by atoms with Gasteiger partial charge in [0.1, 0.15) is 5.82 Å². The van der Waals surface area contributed by atoms with Gasteiger partial charge in [-0.3, -0.25) is 0 Å². The molecule has 17 heavy (non-hydrogen) atoms. The fraction of sp³-hybridized carbons (Fsp3) is 0.583. The highest BCUT2D eigenvalue weighted by Crippen LogP contribution is 2.26. The predicted molar refractivity (Wildman–Crippen MR) is 73.1 cm³/mol. The second-order valence-corrected chi connectivity index (χ2v) is 5.23. The van der Waals surface area contributed by atoms with Gasteiger partial charge in [-0.1, -0.05) is 11.6 Å². The summed E-state index contributed by atoms with van der Waals surface area (Å²) in [5.41, 5.74) is 0.961. The van der Waals surface area contributed by atoms with Gasteiger partial charge in [0.15, 0.2) is 0 Å². The van der Waals surface area contributed by atoms with Crippen LogP contribution in [0.3, 0.4) is 0 Å². The van der Waals surface area contributed by atoms with E-state index in [2.05, 4.69) is 28.8 Å². The Kier molecular flexibility index (Phi) is 4.13. The van der Waals surface area contributed by atoms with E-state index in [-0.39, 0.29) is 0 Å². The summed E-state index contributed by atoms with van der Waals surface area (Å²) in [4.78, 5) is 9.01. The molecule has 1 aromatic rings. The summed E-state index contributed by atoms with van der Waals surface area (Å²) in [5, 5.41) is 0.694. The number of rotatable bonds is 2. The zero-order chi connectivity index (χ0) is 12.4. The topological polar surface area (TPSA) is 19.4 Å². The van der Waals surface area contributed by atoms with Crippen LogP contribution >= 0.6 is 23.2 Å². The Labute approximate surface area is 112 Å². The molecule has 3 nitrogen and oxygen atoms in total. The maximum absolute atomic E-state index is 6.25. The average molecular weight is 274 g/mol. The summed E-state index contributed by atoms with van der Waals surface area (Å²) in [6.45, 7) is 5.18. The Morgan fingerprint density at radius 3 is 2.82 bits per heavy atom. The van der Waals surface area contributed by atoms with Gasteiger partial charge in [0.2, 0.25) is 0 Å². The minimum absolute atomic E-state index is 0.451. The number of alkyl halides is 1. The van der Waals surface area contributed by atoms with Crippen molar-refractivity contribution in [3.05, 3.63) is 22.8 Å². The highest BCUT2D eigenvalue weighted by atomic mass is 35.5. The van der Waals surface area contributed by atoms with Crippen LogP contribution in [0.5, 0.6) is 0 Å². The lowest BCUT2D eigenvalue weighted by Crippen LogP contribution is -2.50. The van der Waals surface area contributed by atoms with Gasteiger partial charge in [0.05, 0.1) is 5.02 Å². The Hall–Kier alpha value is -0.510. The predicted octanol–water partition coefficient (Wildman–Crippen LogP) is 2.61. The average Bonchev–Trinajstić information content (AvgIpc) is 2.32. The Morgan fingerprint density at radius 2 is 2.24 bits per heavy atom. The zero-order valence-electron chi connectivity index (χ0n) is 10.2. The molecule has 0 spiro atoms. The summed E-state index contributed by atoms with van der Waals surface area (Å²) >= 11 is 12.0. The third-order valence-corrected chi connectivity index (χ3v) is 3.88. The largest absolute Gasteiger partial charge is 0.353 e. The van der Waals surface area contributed by atoms with Gasteiger partial charge in [0, 0.05) is 37.8 Å². The smallest absolute Gasteiger partial charge is 0.147 e. The van der Waals surface area contributed by atoms with E-state index in [1.807, 2.05) is 6.07 Å². The number of pyridine rings is 1. The molecule has 0 radical (unpaired) electrons. The second-order valence-electron chi connectivity index (χ2n) is 4.56. The van der Waals surface area contributed by atoms with Crippen LogP contribution in [0.2, 0.25) is 5.02 Å². The molecule has 0 amide bonds. The number of aromatic nitrogens is 1. The molecular weight excluding hydrogens is 257 g/mol. The second kappa shape index (κ2) is 5.42. The molecule has 0 bridgehead atoms. The Bertz CT molecular complexity index is 397. The SMILES string of the molecule is CC1CN(c2ncc(CCl)cc2Cl)CCN1C. The van der Waals surface area contributed by atoms with E-state index >= 15 is 0 Å². The lowest BCUT2D eigenvalue weighted by atomic mass is 10.2. The highest BCUT2D eigenvalue weighted by molar-refractivity contribution is 6.33. The lowest BCUT2D eigenvalue weighted by Gasteiger charge is -2.38. The van der Waals surface area contributed by atoms with Crippen LogP contribution in [0.4, 0.5) is 5.82 Å². The monoisotopic (exact) mass is 273 g/mol. The molecule has 1 aliphatic heterocycles. The molecule has 0 aliphatic carbocycles. The number of hydrogen-bond acceptors (Lipinski definition) is 3. The van der Waals surface area contributed by atoms with E-state index in [1.165, 1.54) is 0 Å². The molecule has 1 atom stereocenters. The fourth-order valence-electron chi connectivity index (χ4n) is 2.02. The molecule has 1 aromatic heterocycles. The Balaban J connectivity index is 2.17. The van der Waals surface area contributed by atoms with E-state index in [1.54, 1.807) is 6.20 Å². The van der Waals surface area contributed by atoms with E-state index in [0.29, 0.717) is 16.9 Å². The number of piperazine rings is 1. The van der Waals surface area contributed by atoms with Crippen molar-refractivity contribution in [2.24, 2.45) is 0 Å². The molecule has 0 aromatic carbocycles. The third kappa shape index (κ3) is 2.84. The van der Waals surface area contributed by atoms with Crippen molar-refractivity contribution < 1.29 is 0 Å². The maximum atomic E-state index is 6.25. The maximum Gasteiger partial charge on any atom is 0.147 e. The van der Waals surface area contributed by atoms with Gasteiger partial charge in [-0.25, -0.2) is 4.98 Å². The molecule has 2 heterocycles. The first-order chi connectivity index (χ1) is 8.11. The summed E-state index contributed by atoms with van der Waals surface area (Å²) in [6.07, 6.45) is 1.80. The fourth-order valence-corrected chi connectivity index (χ4v) is 2.47. The van der Waals surface area contributed by atoms with Crippen molar-refractivity contribution in [3.8, 4) is 0 Å². The van der Waals surface area contributed by atoms with E-state index < -0.39 is 0 Å². The van der Waals surface area contributed by atoms with Crippen LogP contribution in [-0.2, 0) is 5.88 Å². The lowest BCUT2D eigenvalue weighted by molar-refractivity contribution is 0.233. The number of likely N-dealkylation sites (N-methyl/N-ethyl adjacent to an activating group) is 1. The van der Waals surface area contributed by atoms with Crippen LogP contribution in [0, 0.1) is 0 Å². The van der Waals surface area contributed by atoms with Gasteiger partial charge < -0.3 is 9.80 Å². The number of nitrogens with zero attached hydrogens (tertiary/aromatic N) is 3. The first-order valence-electron chi connectivity index (χ1n) is 5.77. The first kappa shape index (κ1) is 12.9. The van der Waals surface area contributed by atoms with Crippen LogP contribution < -0.4 is 4.90 Å². The standard InChI is InChI=1S/C12H17Cl2N3/c1-9-8-17(4-3-16(9)2)12-11(14)5-10(6-13)7-15-12/h5,7,9H,3-4,6,8H2,1-2H3. The van der Waals surface area contributed by atoms with Gasteiger partial charge in [-0.2, -0.15) is 0 Å². The zero-order valence-corrected chi connectivity index (χ0v) is 11.7. The molecule has 0 N–H and O–H groups in total. The van der Waals surface area contributed by atoms with Crippen LogP contribution in [0.15, 0.2) is 12.3 Å². The summed E-state index contributed by atoms with van der Waals surface area (Å²) < 4.78 is 0. The summed E-state index contributed by atoms with van der Waals surface area (Å²) in [7, 11) is 2.15. The molecule has 1 aliphatic rings. The number of anilines is 1. The van der Waals surface area contributed by atoms with Crippen molar-refractivity contribution in [1.82, 2.24) is 9.88 Å². The van der Waals surface area contributed by atoms with Gasteiger partial charge in [-0.05, 0) is 25.6 Å². The first-order valence-corrected chi connectivity index (χ1v) is 6.68. The third-order valence-electron chi connectivity index (χ3n) is 3.29. The molecule has 94 valence electrons. The van der Waals surface area contributed by atoms with E-state index in [9.17, 15) is 0 Å². The highest BCUT2D eigenvalue weighted by Gasteiger charge is 2.23. The summed E-state index contributed by atoms with van der Waals surface area (Å²) in [6, 6.07) is 2.43. The quantitative estimate of drug-likeness (QED) is 0.773. The number of halogens is 2. The van der Waals surface area contributed by atoms with E-state index in [0.717, 1.165) is 31.0 Å². The molecule has 2 rings (SSSR count). The van der Waals surface area contributed by atoms with Crippen molar-refractivity contribution in [2.45, 2.75) is 18.8 Å². The normalized spacial score (nSPS) is 21.9. The summed E-state index contributed by atoms with van der Waals surface area (Å²) in [5.74, 6) is 1.33. The molecule has 1 saturated heterocycles. The van der Waals surface area contributed by atoms with Crippen molar-refractivity contribution in [1.29, 1.82) is 0 Å². The molecule has 1 fully saturated rings.